The van der Waals surface area contributed by atoms with Gasteiger partial charge in [-0.25, -0.2) is 0 Å². The van der Waals surface area contributed by atoms with Crippen LogP contribution in [-0.2, 0) is 9.53 Å². The predicted octanol–water partition coefficient (Wildman–Crippen LogP) is 10.4. The Balaban J connectivity index is 1.49. The van der Waals surface area contributed by atoms with Crippen molar-refractivity contribution in [2.75, 3.05) is 0 Å². The Morgan fingerprint density at radius 2 is 1.36 bits per heavy atom. The van der Waals surface area contributed by atoms with Crippen molar-refractivity contribution in [1.29, 1.82) is 0 Å². The van der Waals surface area contributed by atoms with Gasteiger partial charge >= 0.3 is 0 Å². The van der Waals surface area contributed by atoms with E-state index >= 15 is 0 Å². The second kappa shape index (κ2) is 13.0. The lowest BCUT2D eigenvalue weighted by molar-refractivity contribution is -0.152. The van der Waals surface area contributed by atoms with Crippen LogP contribution in [0.5, 0.6) is 0 Å². The van der Waals surface area contributed by atoms with Crippen molar-refractivity contribution in [3.8, 4) is 0 Å². The number of hydrogen-bond acceptors (Lipinski definition) is 2. The summed E-state index contributed by atoms with van der Waals surface area (Å²) in [6.07, 6.45) is 32.1. The summed E-state index contributed by atoms with van der Waals surface area (Å²) in [4.78, 5) is 11.3. The summed E-state index contributed by atoms with van der Waals surface area (Å²) in [5.41, 5.74) is 1.02. The molecule has 0 amide bonds. The van der Waals surface area contributed by atoms with Crippen LogP contribution >= 0.6 is 0 Å². The van der Waals surface area contributed by atoms with E-state index in [0.717, 1.165) is 55.8 Å². The molecule has 2 nitrogen and oxygen atoms in total. The largest absolute Gasteiger partial charge is 0.461 e. The molecular formula is C34H60O2. The molecule has 4 rings (SSSR count). The minimum atomic E-state index is -0.159. The SMILES string of the molecule is CCC[C@H]1CC[C@H](C2(CC(C)C3([C@H]4CC[C@@](CCC)(OC=O)CC4)CCCCC3)CCCCC2)CC1. The Hall–Kier alpha value is -0.530. The Morgan fingerprint density at radius 3 is 1.92 bits per heavy atom. The maximum atomic E-state index is 11.3. The fourth-order valence-corrected chi connectivity index (χ4v) is 10.5. The van der Waals surface area contributed by atoms with Gasteiger partial charge in [0.2, 0.25) is 0 Å². The molecule has 208 valence electrons. The molecule has 1 atom stereocenters. The van der Waals surface area contributed by atoms with E-state index in [9.17, 15) is 4.79 Å². The van der Waals surface area contributed by atoms with Crippen LogP contribution < -0.4 is 0 Å². The lowest BCUT2D eigenvalue weighted by atomic mass is 9.50. The van der Waals surface area contributed by atoms with Gasteiger partial charge in [-0.1, -0.05) is 91.4 Å². The first-order chi connectivity index (χ1) is 17.5. The van der Waals surface area contributed by atoms with E-state index in [4.69, 9.17) is 4.74 Å². The van der Waals surface area contributed by atoms with Crippen LogP contribution in [-0.4, -0.2) is 12.1 Å². The highest BCUT2D eigenvalue weighted by molar-refractivity contribution is 5.38. The summed E-state index contributed by atoms with van der Waals surface area (Å²) < 4.78 is 5.80. The molecule has 0 saturated heterocycles. The van der Waals surface area contributed by atoms with Crippen molar-refractivity contribution >= 4 is 6.47 Å². The van der Waals surface area contributed by atoms with Crippen LogP contribution in [0.3, 0.4) is 0 Å². The maximum absolute atomic E-state index is 11.3. The Labute approximate surface area is 224 Å². The first-order valence-electron chi connectivity index (χ1n) is 16.6. The zero-order valence-electron chi connectivity index (χ0n) is 24.5. The van der Waals surface area contributed by atoms with E-state index in [1.54, 1.807) is 0 Å². The summed E-state index contributed by atoms with van der Waals surface area (Å²) in [7, 11) is 0. The van der Waals surface area contributed by atoms with Crippen molar-refractivity contribution in [2.24, 2.45) is 34.5 Å². The summed E-state index contributed by atoms with van der Waals surface area (Å²) in [5.74, 6) is 3.71. The van der Waals surface area contributed by atoms with E-state index in [-0.39, 0.29) is 5.60 Å². The molecule has 1 unspecified atom stereocenters. The van der Waals surface area contributed by atoms with Crippen molar-refractivity contribution in [3.05, 3.63) is 0 Å². The van der Waals surface area contributed by atoms with Gasteiger partial charge in [0, 0.05) is 0 Å². The molecule has 0 aromatic rings. The van der Waals surface area contributed by atoms with Crippen LogP contribution in [0, 0.1) is 34.5 Å². The fourth-order valence-electron chi connectivity index (χ4n) is 10.5. The molecule has 0 radical (unpaired) electrons. The molecule has 4 saturated carbocycles. The quantitative estimate of drug-likeness (QED) is 0.264. The van der Waals surface area contributed by atoms with Gasteiger partial charge in [0.1, 0.15) is 5.60 Å². The van der Waals surface area contributed by atoms with Gasteiger partial charge in [-0.15, -0.1) is 0 Å². The van der Waals surface area contributed by atoms with Gasteiger partial charge in [-0.2, -0.15) is 0 Å². The molecular weight excluding hydrogens is 440 g/mol. The maximum Gasteiger partial charge on any atom is 0.293 e. The van der Waals surface area contributed by atoms with Crippen molar-refractivity contribution in [1.82, 2.24) is 0 Å². The highest BCUT2D eigenvalue weighted by atomic mass is 16.5. The van der Waals surface area contributed by atoms with Crippen LogP contribution in [0.25, 0.3) is 0 Å². The van der Waals surface area contributed by atoms with Crippen LogP contribution in [0.1, 0.15) is 168 Å². The lowest BCUT2D eigenvalue weighted by Crippen LogP contribution is -2.47. The smallest absolute Gasteiger partial charge is 0.293 e. The zero-order valence-corrected chi connectivity index (χ0v) is 24.5. The number of rotatable bonds is 11. The molecule has 4 fully saturated rings. The fraction of sp³-hybridized carbons (Fsp3) is 0.971. The van der Waals surface area contributed by atoms with Crippen molar-refractivity contribution < 1.29 is 9.53 Å². The first-order valence-corrected chi connectivity index (χ1v) is 16.6. The average molecular weight is 501 g/mol. The summed E-state index contributed by atoms with van der Waals surface area (Å²) in [6, 6.07) is 0. The van der Waals surface area contributed by atoms with Gasteiger partial charge in [0.25, 0.3) is 6.47 Å². The number of ether oxygens (including phenoxy) is 1. The molecule has 0 aromatic heterocycles. The molecule has 36 heavy (non-hydrogen) atoms. The van der Waals surface area contributed by atoms with Gasteiger partial charge in [-0.05, 0) is 112 Å². The van der Waals surface area contributed by atoms with Crippen molar-refractivity contribution in [3.63, 3.8) is 0 Å². The summed E-state index contributed by atoms with van der Waals surface area (Å²) >= 11 is 0. The monoisotopic (exact) mass is 500 g/mol. The normalized spacial score (nSPS) is 35.6. The first kappa shape index (κ1) is 28.5. The molecule has 0 aromatic carbocycles. The third-order valence-electron chi connectivity index (χ3n) is 12.5. The molecule has 4 aliphatic carbocycles. The van der Waals surface area contributed by atoms with Crippen LogP contribution in [0.4, 0.5) is 0 Å². The molecule has 0 heterocycles. The molecule has 0 bridgehead atoms. The predicted molar refractivity (Wildman–Crippen MR) is 152 cm³/mol. The molecule has 2 heteroatoms. The minimum absolute atomic E-state index is 0.159. The molecule has 4 aliphatic rings. The number of carbonyl (C=O) groups is 1. The van der Waals surface area contributed by atoms with Gasteiger partial charge in [0.15, 0.2) is 0 Å². The Kier molecular flexibility index (Phi) is 10.3. The van der Waals surface area contributed by atoms with E-state index in [1.807, 2.05) is 0 Å². The molecule has 0 aliphatic heterocycles. The molecule has 0 N–H and O–H groups in total. The van der Waals surface area contributed by atoms with E-state index in [1.165, 1.54) is 122 Å². The third kappa shape index (κ3) is 6.20. The van der Waals surface area contributed by atoms with Crippen LogP contribution in [0.15, 0.2) is 0 Å². The highest BCUT2D eigenvalue weighted by Gasteiger charge is 2.51. The standard InChI is InChI=1S/C34H60O2/c1-4-12-29-13-15-30(16-14-29)32(20-8-6-9-21-32)26-28(3)34(22-10-7-11-23-34)31-17-24-33(19-5-2,25-18-31)36-27-35/h27-31H,4-26H2,1-3H3/t28?,29-,30-,31-,33+. The average Bonchev–Trinajstić information content (AvgIpc) is 2.91. The topological polar surface area (TPSA) is 26.3 Å². The van der Waals surface area contributed by atoms with Crippen LogP contribution in [0.2, 0.25) is 0 Å². The Morgan fingerprint density at radius 1 is 0.750 bits per heavy atom. The zero-order chi connectivity index (χ0) is 25.5. The molecule has 0 spiro atoms. The second-order valence-corrected chi connectivity index (χ2v) is 14.2. The highest BCUT2D eigenvalue weighted by Crippen LogP contribution is 2.60. The van der Waals surface area contributed by atoms with E-state index < -0.39 is 0 Å². The number of carbonyl (C=O) groups excluding carboxylic acids is 1. The summed E-state index contributed by atoms with van der Waals surface area (Å²) in [5, 5.41) is 0. The second-order valence-electron chi connectivity index (χ2n) is 14.2. The van der Waals surface area contributed by atoms with Gasteiger partial charge in [0.05, 0.1) is 0 Å². The summed E-state index contributed by atoms with van der Waals surface area (Å²) in [6.45, 7) is 8.08. The van der Waals surface area contributed by atoms with Crippen molar-refractivity contribution in [2.45, 2.75) is 174 Å². The van der Waals surface area contributed by atoms with E-state index in [0.29, 0.717) is 10.8 Å². The van der Waals surface area contributed by atoms with E-state index in [2.05, 4.69) is 20.8 Å². The van der Waals surface area contributed by atoms with Gasteiger partial charge in [-0.3, -0.25) is 4.79 Å². The number of hydrogen-bond donors (Lipinski definition) is 0. The lowest BCUT2D eigenvalue weighted by Gasteiger charge is -2.55. The Bertz CT molecular complexity index is 640. The van der Waals surface area contributed by atoms with Gasteiger partial charge < -0.3 is 4.74 Å². The third-order valence-corrected chi connectivity index (χ3v) is 12.5. The minimum Gasteiger partial charge on any atom is -0.461 e.